The second-order valence-electron chi connectivity index (χ2n) is 3.83. The van der Waals surface area contributed by atoms with Gasteiger partial charge in [0.2, 0.25) is 0 Å². The van der Waals surface area contributed by atoms with Gasteiger partial charge < -0.3 is 9.47 Å². The first kappa shape index (κ1) is 11.7. The number of allylic oxidation sites excluding steroid dienone is 2. The largest absolute Gasteiger partial charge is 0.490 e. The summed E-state index contributed by atoms with van der Waals surface area (Å²) in [4.78, 5) is 0. The number of hydrogen-bond acceptors (Lipinski definition) is 2. The highest BCUT2D eigenvalue weighted by atomic mass is 16.6. The second-order valence-corrected chi connectivity index (χ2v) is 3.83. The van der Waals surface area contributed by atoms with Crippen molar-refractivity contribution in [3.63, 3.8) is 0 Å². The Kier molecular flexibility index (Phi) is 3.78. The van der Waals surface area contributed by atoms with Crippen molar-refractivity contribution in [2.24, 2.45) is 0 Å². The molecule has 0 radical (unpaired) electrons. The number of hydrogen-bond donors (Lipinski definition) is 0. The van der Waals surface area contributed by atoms with Crippen molar-refractivity contribution in [3.8, 4) is 5.75 Å². The van der Waals surface area contributed by atoms with Gasteiger partial charge in [-0.1, -0.05) is 49.6 Å². The zero-order valence-corrected chi connectivity index (χ0v) is 9.76. The van der Waals surface area contributed by atoms with Gasteiger partial charge in [0.05, 0.1) is 6.61 Å². The van der Waals surface area contributed by atoms with Crippen LogP contribution in [0.15, 0.2) is 43.5 Å². The first-order chi connectivity index (χ1) is 8.35. The van der Waals surface area contributed by atoms with Crippen LogP contribution in [0.2, 0.25) is 0 Å². The summed E-state index contributed by atoms with van der Waals surface area (Å²) < 4.78 is 10.9. The molecule has 2 nitrogen and oxygen atoms in total. The Morgan fingerprint density at radius 2 is 2.06 bits per heavy atom. The summed E-state index contributed by atoms with van der Waals surface area (Å²) in [7, 11) is 0. The molecular weight excluding hydrogens is 212 g/mol. The summed E-state index contributed by atoms with van der Waals surface area (Å²) in [6, 6.07) is 5.95. The molecule has 88 valence electrons. The fraction of sp³-hybridized carbons (Fsp3) is 0.200. The predicted octanol–water partition coefficient (Wildman–Crippen LogP) is 1.40. The van der Waals surface area contributed by atoms with E-state index < -0.39 is 0 Å². The monoisotopic (exact) mass is 228 g/mol. The smallest absolute Gasteiger partial charge is 0.127 e. The SMILES string of the molecule is C=C/C=c1/cccc(OCC2CO2)/c1=C/C=C. The minimum absolute atomic E-state index is 0.263. The molecule has 0 N–H and O–H groups in total. The predicted molar refractivity (Wildman–Crippen MR) is 70.3 cm³/mol. The molecule has 2 rings (SSSR count). The van der Waals surface area contributed by atoms with E-state index in [0.717, 1.165) is 22.8 Å². The Morgan fingerprint density at radius 1 is 1.29 bits per heavy atom. The van der Waals surface area contributed by atoms with Crippen LogP contribution in [0.3, 0.4) is 0 Å². The van der Waals surface area contributed by atoms with Crippen molar-refractivity contribution in [1.82, 2.24) is 0 Å². The molecule has 1 aliphatic heterocycles. The molecule has 1 unspecified atom stereocenters. The standard InChI is InChI=1S/C15H16O2/c1-3-6-12-8-5-9-15(14(12)7-4-2)17-11-13-10-16-13/h3-9,13H,1-2,10-11H2/b12-6-,14-7+. The molecule has 2 heteroatoms. The highest BCUT2D eigenvalue weighted by Crippen LogP contribution is 2.10. The molecule has 0 aliphatic carbocycles. The van der Waals surface area contributed by atoms with E-state index in [1.807, 2.05) is 30.4 Å². The number of ether oxygens (including phenoxy) is 2. The van der Waals surface area contributed by atoms with E-state index in [9.17, 15) is 0 Å². The first-order valence-corrected chi connectivity index (χ1v) is 5.64. The van der Waals surface area contributed by atoms with Crippen molar-refractivity contribution in [2.75, 3.05) is 13.2 Å². The van der Waals surface area contributed by atoms with Gasteiger partial charge in [-0.15, -0.1) is 0 Å². The molecule has 1 aliphatic rings. The molecule has 1 aromatic rings. The van der Waals surface area contributed by atoms with Gasteiger partial charge in [-0.05, 0) is 11.3 Å². The van der Waals surface area contributed by atoms with Crippen LogP contribution in [0.25, 0.3) is 12.2 Å². The maximum absolute atomic E-state index is 5.74. The van der Waals surface area contributed by atoms with Crippen LogP contribution < -0.4 is 15.2 Å². The van der Waals surface area contributed by atoms with Gasteiger partial charge in [0.1, 0.15) is 18.5 Å². The fourth-order valence-electron chi connectivity index (χ4n) is 1.60. The zero-order chi connectivity index (χ0) is 12.1. The van der Waals surface area contributed by atoms with Crippen LogP contribution in [0, 0.1) is 0 Å². The van der Waals surface area contributed by atoms with Crippen molar-refractivity contribution in [2.45, 2.75) is 6.10 Å². The van der Waals surface area contributed by atoms with Gasteiger partial charge >= 0.3 is 0 Å². The quantitative estimate of drug-likeness (QED) is 0.711. The third-order valence-corrected chi connectivity index (χ3v) is 2.51. The molecule has 0 saturated carbocycles. The summed E-state index contributed by atoms with van der Waals surface area (Å²) >= 11 is 0. The average Bonchev–Trinajstić information content (AvgIpc) is 3.14. The molecule has 0 spiro atoms. The van der Waals surface area contributed by atoms with Gasteiger partial charge in [-0.3, -0.25) is 0 Å². The molecule has 17 heavy (non-hydrogen) atoms. The van der Waals surface area contributed by atoms with Crippen LogP contribution in [-0.2, 0) is 4.74 Å². The molecule has 0 aromatic heterocycles. The van der Waals surface area contributed by atoms with Crippen LogP contribution in [-0.4, -0.2) is 19.3 Å². The first-order valence-electron chi connectivity index (χ1n) is 5.64. The molecule has 1 heterocycles. The third kappa shape index (κ3) is 3.08. The maximum Gasteiger partial charge on any atom is 0.127 e. The lowest BCUT2D eigenvalue weighted by Gasteiger charge is -2.05. The van der Waals surface area contributed by atoms with Crippen LogP contribution >= 0.6 is 0 Å². The highest BCUT2D eigenvalue weighted by molar-refractivity contribution is 5.47. The van der Waals surface area contributed by atoms with Gasteiger partial charge in [0.25, 0.3) is 0 Å². The van der Waals surface area contributed by atoms with Gasteiger partial charge in [0.15, 0.2) is 0 Å². The number of benzene rings is 1. The number of epoxide rings is 1. The van der Waals surface area contributed by atoms with Gasteiger partial charge in [0, 0.05) is 5.22 Å². The fourth-order valence-corrected chi connectivity index (χ4v) is 1.60. The van der Waals surface area contributed by atoms with Crippen LogP contribution in [0.5, 0.6) is 5.75 Å². The summed E-state index contributed by atoms with van der Waals surface area (Å²) in [5.74, 6) is 0.857. The Balaban J connectivity index is 2.38. The zero-order valence-electron chi connectivity index (χ0n) is 9.76. The van der Waals surface area contributed by atoms with Crippen LogP contribution in [0.4, 0.5) is 0 Å². The minimum atomic E-state index is 0.263. The van der Waals surface area contributed by atoms with Crippen molar-refractivity contribution >= 4 is 12.2 Å². The summed E-state index contributed by atoms with van der Waals surface area (Å²) in [5.41, 5.74) is 0. The van der Waals surface area contributed by atoms with Gasteiger partial charge in [-0.25, -0.2) is 0 Å². The van der Waals surface area contributed by atoms with Crippen LogP contribution in [0.1, 0.15) is 0 Å². The molecule has 0 amide bonds. The lowest BCUT2D eigenvalue weighted by Crippen LogP contribution is -2.26. The topological polar surface area (TPSA) is 21.8 Å². The summed E-state index contributed by atoms with van der Waals surface area (Å²) in [6.07, 6.45) is 7.69. The molecule has 0 bridgehead atoms. The molecule has 1 fully saturated rings. The van der Waals surface area contributed by atoms with E-state index in [2.05, 4.69) is 13.2 Å². The Bertz CT molecular complexity index is 524. The molecular formula is C15H16O2. The molecule has 1 atom stereocenters. The third-order valence-electron chi connectivity index (χ3n) is 2.51. The lowest BCUT2D eigenvalue weighted by atomic mass is 10.2. The number of rotatable bonds is 5. The Hall–Kier alpha value is -1.80. The maximum atomic E-state index is 5.74. The minimum Gasteiger partial charge on any atom is -0.490 e. The van der Waals surface area contributed by atoms with Crippen molar-refractivity contribution in [1.29, 1.82) is 0 Å². The normalized spacial score (nSPS) is 20.1. The Morgan fingerprint density at radius 3 is 2.71 bits per heavy atom. The van der Waals surface area contributed by atoms with E-state index >= 15 is 0 Å². The average molecular weight is 228 g/mol. The highest BCUT2D eigenvalue weighted by Gasteiger charge is 2.23. The van der Waals surface area contributed by atoms with E-state index in [1.54, 1.807) is 12.2 Å². The van der Waals surface area contributed by atoms with E-state index in [4.69, 9.17) is 9.47 Å². The Labute approximate surface area is 101 Å². The van der Waals surface area contributed by atoms with E-state index in [-0.39, 0.29) is 6.10 Å². The van der Waals surface area contributed by atoms with Crippen molar-refractivity contribution < 1.29 is 9.47 Å². The van der Waals surface area contributed by atoms with Crippen molar-refractivity contribution in [3.05, 3.63) is 53.9 Å². The van der Waals surface area contributed by atoms with E-state index in [0.29, 0.717) is 6.61 Å². The summed E-state index contributed by atoms with van der Waals surface area (Å²) in [5, 5.41) is 2.11. The summed E-state index contributed by atoms with van der Waals surface area (Å²) in [6.45, 7) is 8.86. The molecule has 1 saturated heterocycles. The van der Waals surface area contributed by atoms with E-state index in [1.165, 1.54) is 0 Å². The second kappa shape index (κ2) is 5.51. The van der Waals surface area contributed by atoms with Gasteiger partial charge in [-0.2, -0.15) is 0 Å². The lowest BCUT2D eigenvalue weighted by molar-refractivity contribution is 0.261. The molecule has 1 aromatic carbocycles.